The highest BCUT2D eigenvalue weighted by Gasteiger charge is 2.28. The van der Waals surface area contributed by atoms with Crippen LogP contribution in [0.1, 0.15) is 39.0 Å². The molecule has 2 aliphatic rings. The van der Waals surface area contributed by atoms with Gasteiger partial charge < -0.3 is 15.1 Å². The lowest BCUT2D eigenvalue weighted by molar-refractivity contribution is -0.133. The zero-order valence-corrected chi connectivity index (χ0v) is 12.5. The molecule has 19 heavy (non-hydrogen) atoms. The van der Waals surface area contributed by atoms with Crippen molar-refractivity contribution in [1.29, 1.82) is 0 Å². The number of hydrogen-bond donors (Lipinski definition) is 1. The summed E-state index contributed by atoms with van der Waals surface area (Å²) in [5.74, 6) is 1.00. The number of amides is 1. The quantitative estimate of drug-likeness (QED) is 0.834. The average Bonchev–Trinajstić information content (AvgIpc) is 2.62. The Balaban J connectivity index is 1.90. The van der Waals surface area contributed by atoms with Gasteiger partial charge in [-0.3, -0.25) is 4.79 Å². The molecule has 2 aliphatic heterocycles. The summed E-state index contributed by atoms with van der Waals surface area (Å²) >= 11 is 0. The molecule has 0 spiro atoms. The summed E-state index contributed by atoms with van der Waals surface area (Å²) in [5.41, 5.74) is 0. The molecule has 2 rings (SSSR count). The molecule has 110 valence electrons. The summed E-state index contributed by atoms with van der Waals surface area (Å²) in [6.07, 6.45) is 5.89. The minimum Gasteiger partial charge on any atom is -0.341 e. The lowest BCUT2D eigenvalue weighted by atomic mass is 9.97. The number of carbonyl (C=O) groups excluding carboxylic acids is 1. The van der Waals surface area contributed by atoms with E-state index in [1.165, 1.54) is 32.4 Å². The van der Waals surface area contributed by atoms with E-state index in [2.05, 4.69) is 22.0 Å². The van der Waals surface area contributed by atoms with Crippen molar-refractivity contribution < 1.29 is 4.79 Å². The minimum absolute atomic E-state index is 0.0494. The van der Waals surface area contributed by atoms with Crippen molar-refractivity contribution >= 4 is 5.91 Å². The van der Waals surface area contributed by atoms with Crippen LogP contribution in [0.2, 0.25) is 0 Å². The molecule has 1 amide bonds. The lowest BCUT2D eigenvalue weighted by Crippen LogP contribution is -2.48. The predicted octanol–water partition coefficient (Wildman–Crippen LogP) is 1.32. The van der Waals surface area contributed by atoms with Crippen LogP contribution in [0.25, 0.3) is 0 Å². The third-order valence-electron chi connectivity index (χ3n) is 4.66. The van der Waals surface area contributed by atoms with Crippen molar-refractivity contribution in [3.63, 3.8) is 0 Å². The fourth-order valence-electron chi connectivity index (χ4n) is 3.45. The Morgan fingerprint density at radius 2 is 2.05 bits per heavy atom. The van der Waals surface area contributed by atoms with E-state index in [0.29, 0.717) is 11.8 Å². The molecule has 4 heteroatoms. The van der Waals surface area contributed by atoms with Crippen LogP contribution < -0.4 is 5.32 Å². The molecule has 4 nitrogen and oxygen atoms in total. The summed E-state index contributed by atoms with van der Waals surface area (Å²) in [7, 11) is 1.91. The van der Waals surface area contributed by atoms with Gasteiger partial charge in [0.2, 0.25) is 5.91 Å². The van der Waals surface area contributed by atoms with Crippen molar-refractivity contribution in [3.8, 4) is 0 Å². The summed E-state index contributed by atoms with van der Waals surface area (Å²) in [6.45, 7) is 7.71. The van der Waals surface area contributed by atoms with E-state index in [4.69, 9.17) is 0 Å². The minimum atomic E-state index is 0.0494. The number of nitrogens with one attached hydrogen (secondary N) is 1. The van der Waals surface area contributed by atoms with Crippen LogP contribution >= 0.6 is 0 Å². The lowest BCUT2D eigenvalue weighted by Gasteiger charge is -2.35. The third-order valence-corrected chi connectivity index (χ3v) is 4.66. The van der Waals surface area contributed by atoms with Gasteiger partial charge in [0.25, 0.3) is 0 Å². The van der Waals surface area contributed by atoms with Crippen molar-refractivity contribution in [2.75, 3.05) is 39.8 Å². The Bertz CT molecular complexity index is 295. The van der Waals surface area contributed by atoms with Crippen molar-refractivity contribution in [1.82, 2.24) is 15.1 Å². The normalized spacial score (nSPS) is 30.4. The van der Waals surface area contributed by atoms with E-state index < -0.39 is 0 Å². The first kappa shape index (κ1) is 14.8. The maximum absolute atomic E-state index is 12.5. The summed E-state index contributed by atoms with van der Waals surface area (Å²) < 4.78 is 0. The second kappa shape index (κ2) is 7.25. The van der Waals surface area contributed by atoms with Gasteiger partial charge in [-0.1, -0.05) is 6.92 Å². The Morgan fingerprint density at radius 3 is 2.79 bits per heavy atom. The number of carbonyl (C=O) groups is 1. The number of likely N-dealkylation sites (N-methyl/N-ethyl adjacent to an activating group) is 1. The van der Waals surface area contributed by atoms with Gasteiger partial charge in [-0.15, -0.1) is 0 Å². The van der Waals surface area contributed by atoms with Crippen molar-refractivity contribution in [2.45, 2.75) is 45.1 Å². The number of piperidine rings is 1. The molecule has 0 aromatic heterocycles. The highest BCUT2D eigenvalue weighted by molar-refractivity contribution is 5.82. The van der Waals surface area contributed by atoms with Crippen LogP contribution in [0.4, 0.5) is 0 Å². The first-order chi connectivity index (χ1) is 9.24. The Hall–Kier alpha value is -0.610. The van der Waals surface area contributed by atoms with E-state index in [9.17, 15) is 4.79 Å². The molecule has 2 atom stereocenters. The average molecular weight is 267 g/mol. The maximum atomic E-state index is 12.5. The number of rotatable bonds is 4. The summed E-state index contributed by atoms with van der Waals surface area (Å²) in [4.78, 5) is 17.1. The molecule has 2 fully saturated rings. The van der Waals surface area contributed by atoms with Crippen LogP contribution in [0.5, 0.6) is 0 Å². The molecule has 2 heterocycles. The van der Waals surface area contributed by atoms with Gasteiger partial charge >= 0.3 is 0 Å². The standard InChI is InChI=1S/C15H29N3O/c1-3-17-9-6-7-13(11-17)12-18-10-5-4-8-14(16-2)15(18)19/h13-14,16H,3-12H2,1-2H3. The smallest absolute Gasteiger partial charge is 0.239 e. The van der Waals surface area contributed by atoms with Gasteiger partial charge in [0.05, 0.1) is 6.04 Å². The van der Waals surface area contributed by atoms with Crippen LogP contribution in [-0.4, -0.2) is 61.5 Å². The van der Waals surface area contributed by atoms with Gasteiger partial charge in [0, 0.05) is 19.6 Å². The molecule has 1 N–H and O–H groups in total. The van der Waals surface area contributed by atoms with Gasteiger partial charge in [0.15, 0.2) is 0 Å². The van der Waals surface area contributed by atoms with E-state index in [1.807, 2.05) is 7.05 Å². The van der Waals surface area contributed by atoms with Crippen LogP contribution in [-0.2, 0) is 4.79 Å². The second-order valence-electron chi connectivity index (χ2n) is 6.02. The largest absolute Gasteiger partial charge is 0.341 e. The molecule has 0 aromatic rings. The molecular weight excluding hydrogens is 238 g/mol. The SMILES string of the molecule is CCN1CCCC(CN2CCCCC(NC)C2=O)C1. The van der Waals surface area contributed by atoms with Gasteiger partial charge in [-0.25, -0.2) is 0 Å². The highest BCUT2D eigenvalue weighted by Crippen LogP contribution is 2.20. The van der Waals surface area contributed by atoms with E-state index in [0.717, 1.165) is 32.5 Å². The van der Waals surface area contributed by atoms with Crippen molar-refractivity contribution in [3.05, 3.63) is 0 Å². The van der Waals surface area contributed by atoms with Crippen molar-refractivity contribution in [2.24, 2.45) is 5.92 Å². The first-order valence-corrected chi connectivity index (χ1v) is 7.93. The Morgan fingerprint density at radius 1 is 1.21 bits per heavy atom. The number of hydrogen-bond acceptors (Lipinski definition) is 3. The third kappa shape index (κ3) is 3.93. The monoisotopic (exact) mass is 267 g/mol. The van der Waals surface area contributed by atoms with Crippen LogP contribution in [0.15, 0.2) is 0 Å². The molecule has 0 saturated carbocycles. The van der Waals surface area contributed by atoms with E-state index in [1.54, 1.807) is 0 Å². The predicted molar refractivity (Wildman–Crippen MR) is 78.1 cm³/mol. The fourth-order valence-corrected chi connectivity index (χ4v) is 3.45. The molecular formula is C15H29N3O. The zero-order chi connectivity index (χ0) is 13.7. The fraction of sp³-hybridized carbons (Fsp3) is 0.933. The van der Waals surface area contributed by atoms with Gasteiger partial charge in [-0.05, 0) is 58.2 Å². The molecule has 0 aromatic carbocycles. The molecule has 2 saturated heterocycles. The van der Waals surface area contributed by atoms with Crippen LogP contribution in [0, 0.1) is 5.92 Å². The molecule has 2 unspecified atom stereocenters. The number of likely N-dealkylation sites (tertiary alicyclic amines) is 2. The number of nitrogens with zero attached hydrogens (tertiary/aromatic N) is 2. The molecule has 0 aliphatic carbocycles. The van der Waals surface area contributed by atoms with Gasteiger partial charge in [0.1, 0.15) is 0 Å². The molecule has 0 bridgehead atoms. The van der Waals surface area contributed by atoms with E-state index in [-0.39, 0.29) is 6.04 Å². The van der Waals surface area contributed by atoms with Gasteiger partial charge in [-0.2, -0.15) is 0 Å². The van der Waals surface area contributed by atoms with Crippen LogP contribution in [0.3, 0.4) is 0 Å². The topological polar surface area (TPSA) is 35.6 Å². The zero-order valence-electron chi connectivity index (χ0n) is 12.5. The molecule has 0 radical (unpaired) electrons. The summed E-state index contributed by atoms with van der Waals surface area (Å²) in [6, 6.07) is 0.0494. The highest BCUT2D eigenvalue weighted by atomic mass is 16.2. The Labute approximate surface area is 117 Å². The van der Waals surface area contributed by atoms with E-state index >= 15 is 0 Å². The maximum Gasteiger partial charge on any atom is 0.239 e. The summed E-state index contributed by atoms with van der Waals surface area (Å²) in [5, 5.41) is 3.18. The first-order valence-electron chi connectivity index (χ1n) is 7.93. The second-order valence-corrected chi connectivity index (χ2v) is 6.02. The Kier molecular flexibility index (Phi) is 5.64.